The van der Waals surface area contributed by atoms with Crippen LogP contribution >= 0.6 is 11.3 Å². The number of carbonyl (C=O) groups is 2. The van der Waals surface area contributed by atoms with Crippen LogP contribution in [0.2, 0.25) is 0 Å². The first-order valence-corrected chi connectivity index (χ1v) is 7.63. The zero-order chi connectivity index (χ0) is 14.7. The van der Waals surface area contributed by atoms with E-state index in [1.54, 1.807) is 22.8 Å². The molecule has 0 aliphatic carbocycles. The van der Waals surface area contributed by atoms with Crippen molar-refractivity contribution in [2.24, 2.45) is 0 Å². The second-order valence-electron chi connectivity index (χ2n) is 5.09. The Balaban J connectivity index is 2.12. The fourth-order valence-corrected chi connectivity index (χ4v) is 3.01. The Morgan fingerprint density at radius 2 is 2.20 bits per heavy atom. The number of carbonyl (C=O) groups excluding carboxylic acids is 2. The zero-order valence-corrected chi connectivity index (χ0v) is 12.8. The molecule has 20 heavy (non-hydrogen) atoms. The Kier molecular flexibility index (Phi) is 4.72. The molecular weight excluding hydrogens is 276 g/mol. The van der Waals surface area contributed by atoms with Crippen molar-refractivity contribution in [3.8, 4) is 0 Å². The van der Waals surface area contributed by atoms with Crippen LogP contribution in [0.4, 0.5) is 0 Å². The van der Waals surface area contributed by atoms with Crippen LogP contribution in [0.5, 0.6) is 0 Å². The van der Waals surface area contributed by atoms with Gasteiger partial charge in [-0.3, -0.25) is 14.5 Å². The van der Waals surface area contributed by atoms with Crippen LogP contribution in [-0.2, 0) is 4.79 Å². The lowest BCUT2D eigenvalue weighted by Crippen LogP contribution is -2.61. The Morgan fingerprint density at radius 3 is 2.75 bits per heavy atom. The Labute approximate surface area is 122 Å². The molecule has 2 amide bonds. The summed E-state index contributed by atoms with van der Waals surface area (Å²) >= 11 is 1.40. The van der Waals surface area contributed by atoms with Crippen molar-refractivity contribution in [3.05, 3.63) is 16.6 Å². The number of rotatable bonds is 3. The van der Waals surface area contributed by atoms with Gasteiger partial charge in [0.15, 0.2) is 0 Å². The molecule has 0 aromatic carbocycles. The quantitative estimate of drug-likeness (QED) is 0.878. The van der Waals surface area contributed by atoms with Crippen LogP contribution in [0.25, 0.3) is 0 Å². The highest BCUT2D eigenvalue weighted by Crippen LogP contribution is 2.16. The minimum absolute atomic E-state index is 0.0468. The topological polar surface area (TPSA) is 65.5 Å². The molecule has 2 rings (SSSR count). The summed E-state index contributed by atoms with van der Waals surface area (Å²) in [6, 6.07) is -0.0230. The molecule has 1 saturated heterocycles. The molecule has 6 nitrogen and oxygen atoms in total. The average molecular weight is 296 g/mol. The fraction of sp³-hybridized carbons (Fsp3) is 0.615. The number of amides is 2. The van der Waals surface area contributed by atoms with Crippen LogP contribution in [0.1, 0.15) is 24.3 Å². The van der Waals surface area contributed by atoms with Gasteiger partial charge in [0.2, 0.25) is 5.91 Å². The summed E-state index contributed by atoms with van der Waals surface area (Å²) in [6.07, 6.45) is 0. The molecule has 0 bridgehead atoms. The van der Waals surface area contributed by atoms with Crippen molar-refractivity contribution in [1.82, 2.24) is 20.1 Å². The molecule has 1 aliphatic rings. The first-order valence-electron chi connectivity index (χ1n) is 6.69. The van der Waals surface area contributed by atoms with Crippen LogP contribution in [0, 0.1) is 0 Å². The average Bonchev–Trinajstić information content (AvgIpc) is 2.99. The van der Waals surface area contributed by atoms with Gasteiger partial charge in [0.1, 0.15) is 11.7 Å². The highest BCUT2D eigenvalue weighted by molar-refractivity contribution is 7.07. The fourth-order valence-electron chi connectivity index (χ4n) is 2.48. The van der Waals surface area contributed by atoms with E-state index in [9.17, 15) is 9.59 Å². The molecule has 0 saturated carbocycles. The highest BCUT2D eigenvalue weighted by atomic mass is 32.1. The van der Waals surface area contributed by atoms with Gasteiger partial charge in [-0.1, -0.05) is 0 Å². The number of nitrogens with one attached hydrogen (secondary N) is 1. The minimum atomic E-state index is -0.295. The molecular formula is C13H20N4O2S. The standard InChI is InChI=1S/C13H20N4O2S/c1-9(2)17-5-4-16(6-11(17)12(18)14-3)13(19)10-7-20-8-15-10/h7-9,11H,4-6H2,1-3H3,(H,14,18). The largest absolute Gasteiger partial charge is 0.358 e. The number of aromatic nitrogens is 1. The molecule has 0 spiro atoms. The van der Waals surface area contributed by atoms with E-state index in [0.717, 1.165) is 0 Å². The van der Waals surface area contributed by atoms with Gasteiger partial charge in [-0.2, -0.15) is 0 Å². The van der Waals surface area contributed by atoms with Gasteiger partial charge < -0.3 is 10.2 Å². The predicted octanol–water partition coefficient (Wildman–Crippen LogP) is 0.424. The van der Waals surface area contributed by atoms with Crippen LogP contribution < -0.4 is 5.32 Å². The Hall–Kier alpha value is -1.47. The van der Waals surface area contributed by atoms with Crippen molar-refractivity contribution in [2.75, 3.05) is 26.7 Å². The summed E-state index contributed by atoms with van der Waals surface area (Å²) in [5, 5.41) is 4.42. The summed E-state index contributed by atoms with van der Waals surface area (Å²) in [7, 11) is 1.63. The van der Waals surface area contributed by atoms with E-state index in [2.05, 4.69) is 29.0 Å². The van der Waals surface area contributed by atoms with Gasteiger partial charge in [0.25, 0.3) is 5.91 Å². The van der Waals surface area contributed by atoms with Crippen molar-refractivity contribution in [2.45, 2.75) is 25.9 Å². The maximum atomic E-state index is 12.3. The molecule has 1 atom stereocenters. The van der Waals surface area contributed by atoms with E-state index in [4.69, 9.17) is 0 Å². The Bertz CT molecular complexity index is 475. The molecule has 1 aromatic heterocycles. The molecule has 2 heterocycles. The minimum Gasteiger partial charge on any atom is -0.358 e. The van der Waals surface area contributed by atoms with E-state index in [0.29, 0.717) is 25.3 Å². The maximum absolute atomic E-state index is 12.3. The predicted molar refractivity (Wildman–Crippen MR) is 77.7 cm³/mol. The van der Waals surface area contributed by atoms with Gasteiger partial charge in [-0.25, -0.2) is 4.98 Å². The van der Waals surface area contributed by atoms with Gasteiger partial charge >= 0.3 is 0 Å². The second-order valence-corrected chi connectivity index (χ2v) is 5.81. The third kappa shape index (κ3) is 2.99. The number of nitrogens with zero attached hydrogens (tertiary/aromatic N) is 3. The Morgan fingerprint density at radius 1 is 1.45 bits per heavy atom. The van der Waals surface area contributed by atoms with Crippen LogP contribution in [0.15, 0.2) is 10.9 Å². The van der Waals surface area contributed by atoms with E-state index in [1.165, 1.54) is 11.3 Å². The van der Waals surface area contributed by atoms with Crippen LogP contribution in [0.3, 0.4) is 0 Å². The molecule has 1 N–H and O–H groups in total. The van der Waals surface area contributed by atoms with Crippen molar-refractivity contribution >= 4 is 23.2 Å². The summed E-state index contributed by atoms with van der Waals surface area (Å²) in [5.74, 6) is -0.141. The lowest BCUT2D eigenvalue weighted by atomic mass is 10.1. The molecule has 7 heteroatoms. The smallest absolute Gasteiger partial charge is 0.273 e. The van der Waals surface area contributed by atoms with Crippen molar-refractivity contribution in [3.63, 3.8) is 0 Å². The van der Waals surface area contributed by atoms with Gasteiger partial charge in [0.05, 0.1) is 5.51 Å². The van der Waals surface area contributed by atoms with Crippen molar-refractivity contribution in [1.29, 1.82) is 0 Å². The molecule has 1 aliphatic heterocycles. The summed E-state index contributed by atoms with van der Waals surface area (Å²) < 4.78 is 0. The summed E-state index contributed by atoms with van der Waals surface area (Å²) in [4.78, 5) is 32.2. The van der Waals surface area contributed by atoms with Crippen LogP contribution in [-0.4, -0.2) is 65.4 Å². The first kappa shape index (κ1) is 14.9. The molecule has 0 radical (unpaired) electrons. The lowest BCUT2D eigenvalue weighted by molar-refractivity contribution is -0.128. The number of likely N-dealkylation sites (N-methyl/N-ethyl adjacent to an activating group) is 1. The van der Waals surface area contributed by atoms with E-state index >= 15 is 0 Å². The SMILES string of the molecule is CNC(=O)C1CN(C(=O)c2cscn2)CCN1C(C)C. The monoisotopic (exact) mass is 296 g/mol. The third-order valence-corrected chi connectivity index (χ3v) is 4.16. The lowest BCUT2D eigenvalue weighted by Gasteiger charge is -2.42. The van der Waals surface area contributed by atoms with E-state index in [1.807, 2.05) is 0 Å². The molecule has 1 fully saturated rings. The zero-order valence-electron chi connectivity index (χ0n) is 12.0. The van der Waals surface area contributed by atoms with Crippen molar-refractivity contribution < 1.29 is 9.59 Å². The number of thiazole rings is 1. The van der Waals surface area contributed by atoms with E-state index in [-0.39, 0.29) is 23.9 Å². The van der Waals surface area contributed by atoms with Gasteiger partial charge in [0, 0.05) is 38.1 Å². The number of hydrogen-bond acceptors (Lipinski definition) is 5. The van der Waals surface area contributed by atoms with E-state index < -0.39 is 0 Å². The van der Waals surface area contributed by atoms with Gasteiger partial charge in [-0.15, -0.1) is 11.3 Å². The first-order chi connectivity index (χ1) is 9.54. The summed E-state index contributed by atoms with van der Waals surface area (Å²) in [5.41, 5.74) is 2.11. The third-order valence-electron chi connectivity index (χ3n) is 3.57. The number of hydrogen-bond donors (Lipinski definition) is 1. The molecule has 1 aromatic rings. The maximum Gasteiger partial charge on any atom is 0.273 e. The van der Waals surface area contributed by atoms with Gasteiger partial charge in [-0.05, 0) is 13.8 Å². The summed E-state index contributed by atoms with van der Waals surface area (Å²) in [6.45, 7) is 5.86. The number of piperazine rings is 1. The second kappa shape index (κ2) is 6.32. The normalized spacial score (nSPS) is 20.2. The highest BCUT2D eigenvalue weighted by Gasteiger charge is 2.35. The molecule has 110 valence electrons. The molecule has 1 unspecified atom stereocenters.